The molecule has 0 aromatic heterocycles. The summed E-state index contributed by atoms with van der Waals surface area (Å²) in [5.74, 6) is -2.05. The van der Waals surface area contributed by atoms with Crippen LogP contribution in [0.1, 0.15) is 46.8 Å². The molecule has 0 spiro atoms. The van der Waals surface area contributed by atoms with Crippen LogP contribution < -0.4 is 0 Å². The first-order valence-electron chi connectivity index (χ1n) is 10.0. The lowest BCUT2D eigenvalue weighted by molar-refractivity contribution is -0.137. The number of hydrogen-bond donors (Lipinski definition) is 0. The first kappa shape index (κ1) is 19.6. The van der Waals surface area contributed by atoms with Gasteiger partial charge in [-0.2, -0.15) is 0 Å². The van der Waals surface area contributed by atoms with E-state index in [1.807, 2.05) is 24.1 Å². The van der Waals surface area contributed by atoms with Crippen LogP contribution in [0.15, 0.2) is 42.5 Å². The quantitative estimate of drug-likeness (QED) is 0.785. The smallest absolute Gasteiger partial charge is 0.256 e. The molecule has 1 aliphatic carbocycles. The van der Waals surface area contributed by atoms with Crippen molar-refractivity contribution >= 4 is 11.8 Å². The van der Waals surface area contributed by atoms with Crippen LogP contribution in [0.3, 0.4) is 0 Å². The van der Waals surface area contributed by atoms with Crippen molar-refractivity contribution in [2.75, 3.05) is 20.1 Å². The van der Waals surface area contributed by atoms with E-state index < -0.39 is 17.5 Å². The van der Waals surface area contributed by atoms with Crippen LogP contribution in [0.2, 0.25) is 0 Å². The Bertz CT molecular complexity index is 938. The Labute approximate surface area is 169 Å². The van der Waals surface area contributed by atoms with E-state index >= 15 is 0 Å². The molecule has 2 aromatic rings. The largest absolute Gasteiger partial charge is 0.339 e. The van der Waals surface area contributed by atoms with Crippen molar-refractivity contribution in [2.45, 2.75) is 31.7 Å². The van der Waals surface area contributed by atoms with Crippen LogP contribution in [0.4, 0.5) is 8.78 Å². The van der Waals surface area contributed by atoms with E-state index in [4.69, 9.17) is 0 Å². The summed E-state index contributed by atoms with van der Waals surface area (Å²) in [6.07, 6.45) is 3.01. The van der Waals surface area contributed by atoms with Crippen LogP contribution in [0, 0.1) is 17.6 Å². The van der Waals surface area contributed by atoms with Crippen molar-refractivity contribution in [1.29, 1.82) is 0 Å². The van der Waals surface area contributed by atoms with E-state index in [1.165, 1.54) is 17.2 Å². The molecular weight excluding hydrogens is 374 g/mol. The summed E-state index contributed by atoms with van der Waals surface area (Å²) in [5, 5.41) is 0. The molecule has 6 heteroatoms. The van der Waals surface area contributed by atoms with E-state index in [0.717, 1.165) is 25.0 Å². The van der Waals surface area contributed by atoms with Crippen LogP contribution >= 0.6 is 0 Å². The summed E-state index contributed by atoms with van der Waals surface area (Å²) in [6, 6.07) is 11.3. The normalized spacial score (nSPS) is 19.1. The highest BCUT2D eigenvalue weighted by atomic mass is 19.1. The Kier molecular flexibility index (Phi) is 5.35. The predicted octanol–water partition coefficient (Wildman–Crippen LogP) is 3.96. The minimum Gasteiger partial charge on any atom is -0.339 e. The lowest BCUT2D eigenvalue weighted by Crippen LogP contribution is -2.44. The fraction of sp³-hybridized carbons (Fsp3) is 0.391. The van der Waals surface area contributed by atoms with Gasteiger partial charge in [-0.05, 0) is 48.9 Å². The first-order valence-corrected chi connectivity index (χ1v) is 10.0. The Morgan fingerprint density at radius 3 is 2.48 bits per heavy atom. The number of carbonyl (C=O) groups excluding carboxylic acids is 2. The second kappa shape index (κ2) is 7.93. The fourth-order valence-electron chi connectivity index (χ4n) is 4.54. The highest BCUT2D eigenvalue weighted by Gasteiger charge is 2.34. The van der Waals surface area contributed by atoms with Crippen molar-refractivity contribution in [3.63, 3.8) is 0 Å². The van der Waals surface area contributed by atoms with Gasteiger partial charge in [-0.25, -0.2) is 8.78 Å². The number of fused-ring (bicyclic) bond motifs is 1. The molecule has 152 valence electrons. The van der Waals surface area contributed by atoms with Gasteiger partial charge in [-0.15, -0.1) is 0 Å². The van der Waals surface area contributed by atoms with Crippen molar-refractivity contribution in [3.8, 4) is 0 Å². The summed E-state index contributed by atoms with van der Waals surface area (Å²) in [7, 11) is 1.86. The molecule has 0 bridgehead atoms. The molecule has 1 heterocycles. The van der Waals surface area contributed by atoms with Crippen molar-refractivity contribution in [2.24, 2.45) is 5.92 Å². The van der Waals surface area contributed by atoms with E-state index in [9.17, 15) is 18.4 Å². The number of carbonyl (C=O) groups is 2. The molecule has 1 fully saturated rings. The summed E-state index contributed by atoms with van der Waals surface area (Å²) in [4.78, 5) is 29.0. The molecule has 4 rings (SSSR count). The first-order chi connectivity index (χ1) is 14.0. The summed E-state index contributed by atoms with van der Waals surface area (Å²) < 4.78 is 27.0. The van der Waals surface area contributed by atoms with E-state index in [0.29, 0.717) is 25.9 Å². The van der Waals surface area contributed by atoms with Gasteiger partial charge in [0.25, 0.3) is 5.91 Å². The zero-order valence-electron chi connectivity index (χ0n) is 16.4. The maximum absolute atomic E-state index is 13.9. The number of amides is 2. The van der Waals surface area contributed by atoms with Gasteiger partial charge in [0.2, 0.25) is 5.91 Å². The van der Waals surface area contributed by atoms with Gasteiger partial charge in [0.15, 0.2) is 0 Å². The molecule has 29 heavy (non-hydrogen) atoms. The lowest BCUT2D eigenvalue weighted by atomic mass is 9.93. The van der Waals surface area contributed by atoms with E-state index in [2.05, 4.69) is 12.1 Å². The topological polar surface area (TPSA) is 40.6 Å². The standard InChI is InChI=1S/C23H24F2N2O2/c1-26(21-9-6-15-4-2-3-5-18(15)21)22(28)16-10-12-27(13-11-16)23(29)19-8-7-17(24)14-20(19)25/h2-5,7-8,14,16,21H,6,9-13H2,1H3. The molecule has 4 nitrogen and oxygen atoms in total. The van der Waals surface area contributed by atoms with Gasteiger partial charge in [0, 0.05) is 32.1 Å². The molecule has 0 N–H and O–H groups in total. The Morgan fingerprint density at radius 2 is 1.76 bits per heavy atom. The van der Waals surface area contributed by atoms with Crippen LogP contribution in [0.5, 0.6) is 0 Å². The zero-order valence-corrected chi connectivity index (χ0v) is 16.4. The SMILES string of the molecule is CN(C(=O)C1CCN(C(=O)c2ccc(F)cc2F)CC1)C1CCc2ccccc21. The Balaban J connectivity index is 1.38. The zero-order chi connectivity index (χ0) is 20.5. The molecule has 1 saturated heterocycles. The molecule has 0 saturated carbocycles. The van der Waals surface area contributed by atoms with Crippen LogP contribution in [-0.4, -0.2) is 41.8 Å². The maximum Gasteiger partial charge on any atom is 0.256 e. The molecule has 2 amide bonds. The average Bonchev–Trinajstić information content (AvgIpc) is 3.16. The Morgan fingerprint density at radius 1 is 1.03 bits per heavy atom. The van der Waals surface area contributed by atoms with E-state index in [-0.39, 0.29) is 23.4 Å². The molecule has 1 atom stereocenters. The number of benzene rings is 2. The minimum absolute atomic E-state index is 0.103. The van der Waals surface area contributed by atoms with Gasteiger partial charge in [-0.1, -0.05) is 24.3 Å². The third-order valence-electron chi connectivity index (χ3n) is 6.21. The van der Waals surface area contributed by atoms with Crippen LogP contribution in [-0.2, 0) is 11.2 Å². The Hall–Kier alpha value is -2.76. The average molecular weight is 398 g/mol. The number of nitrogens with zero attached hydrogens (tertiary/aromatic N) is 2. The van der Waals surface area contributed by atoms with Crippen molar-refractivity contribution in [1.82, 2.24) is 9.80 Å². The number of hydrogen-bond acceptors (Lipinski definition) is 2. The van der Waals surface area contributed by atoms with Gasteiger partial charge >= 0.3 is 0 Å². The lowest BCUT2D eigenvalue weighted by Gasteiger charge is -2.35. The fourth-order valence-corrected chi connectivity index (χ4v) is 4.54. The maximum atomic E-state index is 13.9. The highest BCUT2D eigenvalue weighted by molar-refractivity contribution is 5.94. The van der Waals surface area contributed by atoms with Gasteiger partial charge in [0.1, 0.15) is 11.6 Å². The number of halogens is 2. The second-order valence-corrected chi connectivity index (χ2v) is 7.89. The molecule has 0 radical (unpaired) electrons. The molecule has 1 aliphatic heterocycles. The number of likely N-dealkylation sites (tertiary alicyclic amines) is 1. The highest BCUT2D eigenvalue weighted by Crippen LogP contribution is 2.36. The minimum atomic E-state index is -0.854. The number of aryl methyl sites for hydroxylation is 1. The van der Waals surface area contributed by atoms with Gasteiger partial charge in [-0.3, -0.25) is 9.59 Å². The second-order valence-electron chi connectivity index (χ2n) is 7.89. The summed E-state index contributed by atoms with van der Waals surface area (Å²) in [6.45, 7) is 0.780. The monoisotopic (exact) mass is 398 g/mol. The van der Waals surface area contributed by atoms with Gasteiger partial charge in [0.05, 0.1) is 11.6 Å². The number of piperidine rings is 1. The molecular formula is C23H24F2N2O2. The third kappa shape index (κ3) is 3.76. The molecule has 2 aliphatic rings. The summed E-state index contributed by atoms with van der Waals surface area (Å²) in [5.41, 5.74) is 2.40. The van der Waals surface area contributed by atoms with Crippen molar-refractivity contribution < 1.29 is 18.4 Å². The molecule has 2 aromatic carbocycles. The summed E-state index contributed by atoms with van der Waals surface area (Å²) >= 11 is 0. The van der Waals surface area contributed by atoms with Gasteiger partial charge < -0.3 is 9.80 Å². The number of rotatable bonds is 3. The third-order valence-corrected chi connectivity index (χ3v) is 6.21. The molecule has 1 unspecified atom stereocenters. The predicted molar refractivity (Wildman–Crippen MR) is 105 cm³/mol. The van der Waals surface area contributed by atoms with E-state index in [1.54, 1.807) is 4.90 Å². The van der Waals surface area contributed by atoms with Crippen molar-refractivity contribution in [3.05, 3.63) is 70.8 Å². The van der Waals surface area contributed by atoms with Crippen LogP contribution in [0.25, 0.3) is 0 Å².